The fraction of sp³-hybridized carbons (Fsp3) is 0.421. The Morgan fingerprint density at radius 1 is 1.35 bits per heavy atom. The lowest BCUT2D eigenvalue weighted by molar-refractivity contribution is 0.122. The molecule has 0 saturated carbocycles. The van der Waals surface area contributed by atoms with Crippen LogP contribution in [0.5, 0.6) is 5.75 Å². The van der Waals surface area contributed by atoms with Gasteiger partial charge in [-0.1, -0.05) is 0 Å². The Morgan fingerprint density at radius 2 is 2.15 bits per heavy atom. The third-order valence-electron chi connectivity index (χ3n) is 4.46. The molecule has 0 amide bonds. The van der Waals surface area contributed by atoms with E-state index in [1.807, 2.05) is 38.1 Å². The van der Waals surface area contributed by atoms with Crippen LogP contribution in [0.2, 0.25) is 0 Å². The molecule has 1 aromatic heterocycles. The molecule has 0 spiro atoms. The molecule has 7 nitrogen and oxygen atoms in total. The first-order valence-corrected chi connectivity index (χ1v) is 8.95. The van der Waals surface area contributed by atoms with E-state index < -0.39 is 6.23 Å². The Balaban J connectivity index is 1.61. The van der Waals surface area contributed by atoms with E-state index in [0.717, 1.165) is 47.3 Å². The van der Waals surface area contributed by atoms with E-state index in [4.69, 9.17) is 9.47 Å². The van der Waals surface area contributed by atoms with Gasteiger partial charge in [-0.3, -0.25) is 0 Å². The average molecular weight is 356 g/mol. The summed E-state index contributed by atoms with van der Waals surface area (Å²) in [6, 6.07) is 5.81. The average Bonchev–Trinajstić information content (AvgIpc) is 3.21. The number of aliphatic hydroxyl groups excluding tert-OH is 1. The van der Waals surface area contributed by atoms with Crippen molar-refractivity contribution in [1.29, 1.82) is 0 Å². The summed E-state index contributed by atoms with van der Waals surface area (Å²) in [7, 11) is 0. The molecular weight excluding hydrogens is 332 g/mol. The standard InChI is InChI=1S/C19H24N4O3/c1-12(2)26-14-3-4-17-15(10-14)16(18(24)22-17)9-13-11-20-19(21-13)23-5-7-25-8-6-23/h3-4,9-12,18,22,24H,5-8H2,1-2H3,(H,20,21). The highest BCUT2D eigenvalue weighted by Gasteiger charge is 2.25. The van der Waals surface area contributed by atoms with Gasteiger partial charge in [0.15, 0.2) is 6.23 Å². The number of aliphatic hydroxyl groups is 1. The zero-order chi connectivity index (χ0) is 18.1. The van der Waals surface area contributed by atoms with Crippen molar-refractivity contribution in [2.45, 2.75) is 26.2 Å². The van der Waals surface area contributed by atoms with Crippen LogP contribution in [0.15, 0.2) is 24.4 Å². The monoisotopic (exact) mass is 356 g/mol. The SMILES string of the molecule is CC(C)Oc1ccc2c(c1)C(=Cc1cnc(N3CCOCC3)[nH]1)C(O)N2. The van der Waals surface area contributed by atoms with Crippen LogP contribution in [-0.2, 0) is 4.74 Å². The van der Waals surface area contributed by atoms with Crippen molar-refractivity contribution in [1.82, 2.24) is 9.97 Å². The van der Waals surface area contributed by atoms with Crippen LogP contribution in [0, 0.1) is 0 Å². The molecule has 4 rings (SSSR count). The van der Waals surface area contributed by atoms with Crippen molar-refractivity contribution in [2.24, 2.45) is 0 Å². The second-order valence-corrected chi connectivity index (χ2v) is 6.78. The quantitative estimate of drug-likeness (QED) is 0.780. The topological polar surface area (TPSA) is 82.6 Å². The number of nitrogens with one attached hydrogen (secondary N) is 2. The van der Waals surface area contributed by atoms with E-state index in [1.54, 1.807) is 6.20 Å². The van der Waals surface area contributed by atoms with Crippen LogP contribution in [0.3, 0.4) is 0 Å². The Hall–Kier alpha value is -2.51. The van der Waals surface area contributed by atoms with Gasteiger partial charge in [0.2, 0.25) is 5.95 Å². The van der Waals surface area contributed by atoms with Crippen molar-refractivity contribution in [2.75, 3.05) is 36.5 Å². The number of aromatic amines is 1. The van der Waals surface area contributed by atoms with Gasteiger partial charge in [0, 0.05) is 29.9 Å². The number of hydrogen-bond acceptors (Lipinski definition) is 6. The zero-order valence-electron chi connectivity index (χ0n) is 15.0. The predicted molar refractivity (Wildman–Crippen MR) is 101 cm³/mol. The lowest BCUT2D eigenvalue weighted by atomic mass is 10.1. The molecule has 1 aromatic carbocycles. The number of anilines is 2. The van der Waals surface area contributed by atoms with Gasteiger partial charge in [0.25, 0.3) is 0 Å². The second-order valence-electron chi connectivity index (χ2n) is 6.78. The fourth-order valence-corrected chi connectivity index (χ4v) is 3.26. The molecule has 0 bridgehead atoms. The van der Waals surface area contributed by atoms with E-state index in [-0.39, 0.29) is 6.10 Å². The highest BCUT2D eigenvalue weighted by Crippen LogP contribution is 2.38. The molecule has 1 saturated heterocycles. The summed E-state index contributed by atoms with van der Waals surface area (Å²) in [6.45, 7) is 7.07. The molecule has 0 aliphatic carbocycles. The zero-order valence-corrected chi connectivity index (χ0v) is 15.0. The molecule has 26 heavy (non-hydrogen) atoms. The third-order valence-corrected chi connectivity index (χ3v) is 4.46. The number of H-pyrrole nitrogens is 1. The van der Waals surface area contributed by atoms with Gasteiger partial charge in [-0.2, -0.15) is 0 Å². The molecular formula is C19H24N4O3. The summed E-state index contributed by atoms with van der Waals surface area (Å²) in [6.07, 6.45) is 3.06. The number of hydrogen-bond donors (Lipinski definition) is 3. The molecule has 0 radical (unpaired) electrons. The van der Waals surface area contributed by atoms with E-state index in [2.05, 4.69) is 20.2 Å². The van der Waals surface area contributed by atoms with E-state index >= 15 is 0 Å². The number of aromatic nitrogens is 2. The number of nitrogens with zero attached hydrogens (tertiary/aromatic N) is 2. The minimum atomic E-state index is -0.755. The van der Waals surface area contributed by atoms with Gasteiger partial charge in [-0.05, 0) is 38.1 Å². The number of fused-ring (bicyclic) bond motifs is 1. The highest BCUT2D eigenvalue weighted by atomic mass is 16.5. The van der Waals surface area contributed by atoms with E-state index in [1.165, 1.54) is 0 Å². The van der Waals surface area contributed by atoms with Gasteiger partial charge in [-0.15, -0.1) is 0 Å². The molecule has 2 aromatic rings. The maximum absolute atomic E-state index is 10.4. The summed E-state index contributed by atoms with van der Waals surface area (Å²) >= 11 is 0. The summed E-state index contributed by atoms with van der Waals surface area (Å²) in [4.78, 5) is 9.95. The number of benzene rings is 1. The van der Waals surface area contributed by atoms with Gasteiger partial charge in [0.1, 0.15) is 5.75 Å². The maximum atomic E-state index is 10.4. The second kappa shape index (κ2) is 7.01. The van der Waals surface area contributed by atoms with Gasteiger partial charge in [-0.25, -0.2) is 4.98 Å². The maximum Gasteiger partial charge on any atom is 0.203 e. The predicted octanol–water partition coefficient (Wildman–Crippen LogP) is 2.32. The van der Waals surface area contributed by atoms with Crippen molar-refractivity contribution >= 4 is 23.3 Å². The van der Waals surface area contributed by atoms with Crippen LogP contribution >= 0.6 is 0 Å². The first-order valence-electron chi connectivity index (χ1n) is 8.95. The van der Waals surface area contributed by atoms with Crippen LogP contribution < -0.4 is 15.0 Å². The molecule has 2 aliphatic rings. The number of ether oxygens (including phenoxy) is 2. The molecule has 3 heterocycles. The Bertz CT molecular complexity index is 809. The molecule has 1 atom stereocenters. The van der Waals surface area contributed by atoms with Crippen molar-refractivity contribution in [3.63, 3.8) is 0 Å². The Morgan fingerprint density at radius 3 is 2.92 bits per heavy atom. The fourth-order valence-electron chi connectivity index (χ4n) is 3.26. The van der Waals surface area contributed by atoms with Crippen molar-refractivity contribution < 1.29 is 14.6 Å². The van der Waals surface area contributed by atoms with Crippen LogP contribution in [0.1, 0.15) is 25.1 Å². The highest BCUT2D eigenvalue weighted by molar-refractivity contribution is 5.94. The third kappa shape index (κ3) is 3.40. The van der Waals surface area contributed by atoms with E-state index in [9.17, 15) is 5.11 Å². The lowest BCUT2D eigenvalue weighted by Gasteiger charge is -2.26. The van der Waals surface area contributed by atoms with Gasteiger partial charge < -0.3 is 29.8 Å². The van der Waals surface area contributed by atoms with Crippen LogP contribution in [0.4, 0.5) is 11.6 Å². The number of imidazole rings is 1. The summed E-state index contributed by atoms with van der Waals surface area (Å²) < 4.78 is 11.2. The first kappa shape index (κ1) is 16.9. The first-order chi connectivity index (χ1) is 12.6. The van der Waals surface area contributed by atoms with Crippen LogP contribution in [-0.4, -0.2) is 53.7 Å². The smallest absolute Gasteiger partial charge is 0.203 e. The van der Waals surface area contributed by atoms with Gasteiger partial charge >= 0.3 is 0 Å². The molecule has 2 aliphatic heterocycles. The summed E-state index contributed by atoms with van der Waals surface area (Å²) in [5.41, 5.74) is 3.49. The molecule has 1 fully saturated rings. The normalized spacial score (nSPS) is 21.2. The summed E-state index contributed by atoms with van der Waals surface area (Å²) in [5, 5.41) is 13.5. The van der Waals surface area contributed by atoms with Gasteiger partial charge in [0.05, 0.1) is 31.2 Å². The Labute approximate surface area is 152 Å². The summed E-state index contributed by atoms with van der Waals surface area (Å²) in [5.74, 6) is 1.62. The minimum Gasteiger partial charge on any atom is -0.491 e. The largest absolute Gasteiger partial charge is 0.491 e. The molecule has 7 heteroatoms. The number of morpholine rings is 1. The van der Waals surface area contributed by atoms with E-state index in [0.29, 0.717) is 13.2 Å². The Kier molecular flexibility index (Phi) is 4.57. The lowest BCUT2D eigenvalue weighted by Crippen LogP contribution is -2.36. The molecule has 3 N–H and O–H groups in total. The molecule has 1 unspecified atom stereocenters. The van der Waals surface area contributed by atoms with Crippen molar-refractivity contribution in [3.05, 3.63) is 35.7 Å². The van der Waals surface area contributed by atoms with Crippen LogP contribution in [0.25, 0.3) is 11.6 Å². The van der Waals surface area contributed by atoms with Crippen molar-refractivity contribution in [3.8, 4) is 5.75 Å². The number of rotatable bonds is 4. The molecule has 138 valence electrons. The minimum absolute atomic E-state index is 0.100.